The molecular formula is C2H6NaO4S. The first-order valence-corrected chi connectivity index (χ1v) is 3.26. The molecule has 0 rings (SSSR count). The second-order valence-electron chi connectivity index (χ2n) is 0.921. The molecule has 0 fully saturated rings. The van der Waals surface area contributed by atoms with Crippen molar-refractivity contribution in [2.45, 2.75) is 6.92 Å². The fourth-order valence-corrected chi connectivity index (χ4v) is 0.158. The Morgan fingerprint density at radius 3 is 2.00 bits per heavy atom. The van der Waals surface area contributed by atoms with Gasteiger partial charge in [0.05, 0.1) is 5.75 Å². The zero-order valence-corrected chi connectivity index (χ0v) is 7.60. The van der Waals surface area contributed by atoms with Crippen LogP contribution in [-0.4, -0.2) is 49.0 Å². The molecule has 0 aromatic heterocycles. The van der Waals surface area contributed by atoms with Crippen LogP contribution < -0.4 is 0 Å². The number of hydrogen-bond acceptors (Lipinski definition) is 4. The van der Waals surface area contributed by atoms with E-state index in [0.717, 1.165) is 0 Å². The van der Waals surface area contributed by atoms with Gasteiger partial charge in [-0.25, -0.2) is 5.26 Å². The van der Waals surface area contributed by atoms with Crippen LogP contribution in [0.15, 0.2) is 0 Å². The maximum absolute atomic E-state index is 9.90. The van der Waals surface area contributed by atoms with Gasteiger partial charge in [-0.15, -0.1) is 4.33 Å². The van der Waals surface area contributed by atoms with Gasteiger partial charge in [0.25, 0.3) is 10.1 Å². The Bertz CT molecular complexity index is 117. The van der Waals surface area contributed by atoms with Crippen molar-refractivity contribution in [3.05, 3.63) is 0 Å². The van der Waals surface area contributed by atoms with Crippen molar-refractivity contribution < 1.29 is 18.0 Å². The average molecular weight is 149 g/mol. The number of hydrogen-bond donors (Lipinski definition) is 1. The Balaban J connectivity index is 0. The van der Waals surface area contributed by atoms with E-state index in [1.54, 1.807) is 0 Å². The average Bonchev–Trinajstić information content (AvgIpc) is 1.68. The van der Waals surface area contributed by atoms with Gasteiger partial charge in [0.2, 0.25) is 0 Å². The maximum Gasteiger partial charge on any atom is 0.293 e. The number of rotatable bonds is 2. The molecule has 0 heterocycles. The van der Waals surface area contributed by atoms with Crippen molar-refractivity contribution in [2.24, 2.45) is 0 Å². The van der Waals surface area contributed by atoms with Crippen molar-refractivity contribution >= 4 is 39.7 Å². The Morgan fingerprint density at radius 1 is 1.62 bits per heavy atom. The molecule has 0 saturated carbocycles. The third-order valence-corrected chi connectivity index (χ3v) is 1.40. The van der Waals surface area contributed by atoms with Gasteiger partial charge in [0.15, 0.2) is 0 Å². The fourth-order valence-electron chi connectivity index (χ4n) is 0.0527. The SMILES string of the molecule is CCS(=O)(=O)OO.[Na]. The molecule has 0 amide bonds. The minimum atomic E-state index is -3.60. The first kappa shape index (κ1) is 11.6. The summed E-state index contributed by atoms with van der Waals surface area (Å²) in [6.07, 6.45) is 0. The second kappa shape index (κ2) is 4.72. The van der Waals surface area contributed by atoms with Gasteiger partial charge in [0.1, 0.15) is 0 Å². The third-order valence-electron chi connectivity index (χ3n) is 0.467. The van der Waals surface area contributed by atoms with E-state index in [2.05, 4.69) is 4.33 Å². The predicted octanol–water partition coefficient (Wildman–Crippen LogP) is -0.555. The van der Waals surface area contributed by atoms with Crippen LogP contribution in [0.1, 0.15) is 6.92 Å². The van der Waals surface area contributed by atoms with E-state index in [9.17, 15) is 8.42 Å². The molecule has 6 heteroatoms. The van der Waals surface area contributed by atoms with Gasteiger partial charge in [-0.05, 0) is 6.92 Å². The van der Waals surface area contributed by atoms with Crippen LogP contribution in [0.25, 0.3) is 0 Å². The smallest absolute Gasteiger partial charge is 0.235 e. The molecule has 0 spiro atoms. The molecule has 45 valence electrons. The van der Waals surface area contributed by atoms with Crippen molar-refractivity contribution in [2.75, 3.05) is 5.75 Å². The first-order chi connectivity index (χ1) is 3.12. The molecule has 8 heavy (non-hydrogen) atoms. The summed E-state index contributed by atoms with van der Waals surface area (Å²) in [6, 6.07) is 0. The maximum atomic E-state index is 9.90. The summed E-state index contributed by atoms with van der Waals surface area (Å²) in [5.74, 6) is -0.205. The Labute approximate surface area is 70.2 Å². The van der Waals surface area contributed by atoms with Crippen molar-refractivity contribution in [1.82, 2.24) is 0 Å². The van der Waals surface area contributed by atoms with Gasteiger partial charge in [0, 0.05) is 29.6 Å². The minimum Gasteiger partial charge on any atom is -0.235 e. The molecule has 1 N–H and O–H groups in total. The molecule has 0 aromatic carbocycles. The summed E-state index contributed by atoms with van der Waals surface area (Å²) in [5, 5.41) is 7.51. The zero-order valence-electron chi connectivity index (χ0n) is 4.79. The molecule has 0 bridgehead atoms. The van der Waals surface area contributed by atoms with Crippen LogP contribution in [0.4, 0.5) is 0 Å². The second-order valence-corrected chi connectivity index (χ2v) is 2.76. The van der Waals surface area contributed by atoms with Crippen molar-refractivity contribution in [1.29, 1.82) is 0 Å². The summed E-state index contributed by atoms with van der Waals surface area (Å²) in [5.41, 5.74) is 0. The van der Waals surface area contributed by atoms with Gasteiger partial charge in [-0.1, -0.05) is 0 Å². The Hall–Kier alpha value is 0.870. The monoisotopic (exact) mass is 149 g/mol. The van der Waals surface area contributed by atoms with E-state index in [-0.39, 0.29) is 35.3 Å². The van der Waals surface area contributed by atoms with Crippen molar-refractivity contribution in [3.63, 3.8) is 0 Å². The van der Waals surface area contributed by atoms with Crippen LogP contribution in [0.2, 0.25) is 0 Å². The summed E-state index contributed by atoms with van der Waals surface area (Å²) < 4.78 is 22.9. The molecule has 0 unspecified atom stereocenters. The van der Waals surface area contributed by atoms with Gasteiger partial charge >= 0.3 is 0 Å². The zero-order chi connectivity index (χ0) is 5.91. The molecule has 0 atom stereocenters. The van der Waals surface area contributed by atoms with Crippen LogP contribution in [0.5, 0.6) is 0 Å². The Kier molecular flexibility index (Phi) is 6.87. The van der Waals surface area contributed by atoms with E-state index in [0.29, 0.717) is 0 Å². The quantitative estimate of drug-likeness (QED) is 0.325. The Morgan fingerprint density at radius 2 is 2.00 bits per heavy atom. The van der Waals surface area contributed by atoms with E-state index in [1.807, 2.05) is 0 Å². The van der Waals surface area contributed by atoms with Crippen molar-refractivity contribution in [3.8, 4) is 0 Å². The molecule has 1 radical (unpaired) electrons. The van der Waals surface area contributed by atoms with E-state index in [1.165, 1.54) is 6.92 Å². The van der Waals surface area contributed by atoms with Gasteiger partial charge in [-0.2, -0.15) is 8.42 Å². The third kappa shape index (κ3) is 5.02. The molecule has 0 saturated heterocycles. The van der Waals surface area contributed by atoms with Gasteiger partial charge in [-0.3, -0.25) is 0 Å². The minimum absolute atomic E-state index is 0. The first-order valence-electron chi connectivity index (χ1n) is 1.68. The summed E-state index contributed by atoms with van der Waals surface area (Å²) in [6.45, 7) is 1.37. The van der Waals surface area contributed by atoms with E-state index < -0.39 is 10.1 Å². The molecule has 0 aromatic rings. The largest absolute Gasteiger partial charge is 0.293 e. The summed E-state index contributed by atoms with van der Waals surface area (Å²) in [4.78, 5) is 0. The predicted molar refractivity (Wildman–Crippen MR) is 28.9 cm³/mol. The summed E-state index contributed by atoms with van der Waals surface area (Å²) in [7, 11) is -3.60. The van der Waals surface area contributed by atoms with E-state index in [4.69, 9.17) is 5.26 Å². The fraction of sp³-hybridized carbons (Fsp3) is 1.00. The van der Waals surface area contributed by atoms with Gasteiger partial charge < -0.3 is 0 Å². The molecule has 0 aliphatic carbocycles. The van der Waals surface area contributed by atoms with E-state index >= 15 is 0 Å². The molecule has 0 aliphatic heterocycles. The van der Waals surface area contributed by atoms with Crippen LogP contribution in [0, 0.1) is 0 Å². The molecule has 4 nitrogen and oxygen atoms in total. The normalized spacial score (nSPS) is 10.2. The summed E-state index contributed by atoms with van der Waals surface area (Å²) >= 11 is 0. The van der Waals surface area contributed by atoms with Crippen LogP contribution in [0.3, 0.4) is 0 Å². The van der Waals surface area contributed by atoms with Crippen LogP contribution >= 0.6 is 0 Å². The molecule has 0 aliphatic rings. The topological polar surface area (TPSA) is 63.6 Å². The molecular weight excluding hydrogens is 143 g/mol. The standard InChI is InChI=1S/C2H6O4S.Na/c1-2-7(4,5)6-3;/h3H,2H2,1H3;. The van der Waals surface area contributed by atoms with Crippen LogP contribution in [-0.2, 0) is 14.5 Å².